The maximum Gasteiger partial charge on any atom is 0.121 e. The fourth-order valence-corrected chi connectivity index (χ4v) is 1.16. The van der Waals surface area contributed by atoms with Gasteiger partial charge in [0.15, 0.2) is 0 Å². The maximum absolute atomic E-state index is 5.47. The van der Waals surface area contributed by atoms with Crippen LogP contribution in [0.1, 0.15) is 25.4 Å². The molecule has 12 heavy (non-hydrogen) atoms. The second kappa shape index (κ2) is 3.49. The van der Waals surface area contributed by atoms with E-state index in [1.807, 2.05) is 0 Å². The van der Waals surface area contributed by atoms with Gasteiger partial charge in [-0.15, -0.1) is 0 Å². The van der Waals surface area contributed by atoms with Crippen LogP contribution in [0.3, 0.4) is 0 Å². The standard InChI is InChI=1S/C8H15N3S/c1-8(2,12-3)7-10-5-6(4-9)11-7/h5H,4,9H2,1-3H3,(H,10,11). The van der Waals surface area contributed by atoms with E-state index in [1.54, 1.807) is 18.0 Å². The van der Waals surface area contributed by atoms with Gasteiger partial charge in [-0.1, -0.05) is 0 Å². The molecule has 1 heterocycles. The van der Waals surface area contributed by atoms with Crippen molar-refractivity contribution in [2.75, 3.05) is 6.26 Å². The fourth-order valence-electron chi connectivity index (χ4n) is 0.865. The zero-order chi connectivity index (χ0) is 9.19. The Balaban J connectivity index is 2.88. The molecule has 0 spiro atoms. The van der Waals surface area contributed by atoms with Gasteiger partial charge in [0.2, 0.25) is 0 Å². The van der Waals surface area contributed by atoms with E-state index in [2.05, 4.69) is 30.1 Å². The highest BCUT2D eigenvalue weighted by Crippen LogP contribution is 2.30. The third-order valence-corrected chi connectivity index (χ3v) is 3.14. The molecule has 1 aromatic heterocycles. The van der Waals surface area contributed by atoms with Crippen molar-refractivity contribution < 1.29 is 0 Å². The molecule has 1 aromatic rings. The number of aromatic amines is 1. The first-order valence-corrected chi connectivity index (χ1v) is 5.12. The summed E-state index contributed by atoms with van der Waals surface area (Å²) >= 11 is 1.77. The number of nitrogens with one attached hydrogen (secondary N) is 1. The molecular formula is C8H15N3S. The highest BCUT2D eigenvalue weighted by atomic mass is 32.2. The number of nitrogens with zero attached hydrogens (tertiary/aromatic N) is 1. The Morgan fingerprint density at radius 3 is 2.75 bits per heavy atom. The SMILES string of the molecule is CSC(C)(C)c1ncc(CN)[nH]1. The first-order valence-electron chi connectivity index (χ1n) is 3.89. The minimum Gasteiger partial charge on any atom is -0.344 e. The smallest absolute Gasteiger partial charge is 0.121 e. The summed E-state index contributed by atoms with van der Waals surface area (Å²) in [4.78, 5) is 7.47. The van der Waals surface area contributed by atoms with Gasteiger partial charge < -0.3 is 10.7 Å². The molecule has 0 aliphatic rings. The number of nitrogens with two attached hydrogens (primary N) is 1. The molecule has 3 N–H and O–H groups in total. The number of thioether (sulfide) groups is 1. The van der Waals surface area contributed by atoms with Crippen LogP contribution in [0.25, 0.3) is 0 Å². The van der Waals surface area contributed by atoms with E-state index >= 15 is 0 Å². The van der Waals surface area contributed by atoms with Crippen LogP contribution in [0.2, 0.25) is 0 Å². The van der Waals surface area contributed by atoms with E-state index in [0.29, 0.717) is 6.54 Å². The first kappa shape index (κ1) is 9.61. The summed E-state index contributed by atoms with van der Waals surface area (Å²) < 4.78 is 0.0490. The summed E-state index contributed by atoms with van der Waals surface area (Å²) in [5.41, 5.74) is 6.46. The molecule has 0 saturated carbocycles. The van der Waals surface area contributed by atoms with Gasteiger partial charge >= 0.3 is 0 Å². The minimum absolute atomic E-state index is 0.0490. The Morgan fingerprint density at radius 1 is 1.67 bits per heavy atom. The third-order valence-electron chi connectivity index (χ3n) is 1.93. The van der Waals surface area contributed by atoms with E-state index in [9.17, 15) is 0 Å². The van der Waals surface area contributed by atoms with Crippen molar-refractivity contribution in [1.29, 1.82) is 0 Å². The third kappa shape index (κ3) is 1.81. The molecule has 0 aliphatic heterocycles. The summed E-state index contributed by atoms with van der Waals surface area (Å²) in [6.45, 7) is 4.80. The highest BCUT2D eigenvalue weighted by molar-refractivity contribution is 7.99. The molecule has 0 unspecified atom stereocenters. The van der Waals surface area contributed by atoms with E-state index in [4.69, 9.17) is 5.73 Å². The van der Waals surface area contributed by atoms with Crippen molar-refractivity contribution in [3.63, 3.8) is 0 Å². The molecule has 68 valence electrons. The number of H-pyrrole nitrogens is 1. The zero-order valence-corrected chi connectivity index (χ0v) is 8.53. The molecule has 1 rings (SSSR count). The average Bonchev–Trinajstić information content (AvgIpc) is 2.52. The zero-order valence-electron chi connectivity index (χ0n) is 7.72. The van der Waals surface area contributed by atoms with Crippen LogP contribution < -0.4 is 5.73 Å². The van der Waals surface area contributed by atoms with Crippen LogP contribution in [0.5, 0.6) is 0 Å². The minimum atomic E-state index is 0.0490. The van der Waals surface area contributed by atoms with Crippen molar-refractivity contribution in [3.05, 3.63) is 17.7 Å². The Kier molecular flexibility index (Phi) is 2.80. The Hall–Kier alpha value is -0.480. The quantitative estimate of drug-likeness (QED) is 0.749. The first-order chi connectivity index (χ1) is 5.60. The Morgan fingerprint density at radius 2 is 2.33 bits per heavy atom. The molecule has 0 atom stereocenters. The van der Waals surface area contributed by atoms with E-state index in [-0.39, 0.29) is 4.75 Å². The summed E-state index contributed by atoms with van der Waals surface area (Å²) in [6.07, 6.45) is 3.87. The van der Waals surface area contributed by atoms with Gasteiger partial charge in [-0.2, -0.15) is 11.8 Å². The summed E-state index contributed by atoms with van der Waals surface area (Å²) in [5, 5.41) is 0. The van der Waals surface area contributed by atoms with Gasteiger partial charge in [0.25, 0.3) is 0 Å². The monoisotopic (exact) mass is 185 g/mol. The normalized spacial score (nSPS) is 12.0. The van der Waals surface area contributed by atoms with Crippen molar-refractivity contribution in [3.8, 4) is 0 Å². The predicted molar refractivity (Wildman–Crippen MR) is 53.0 cm³/mol. The molecular weight excluding hydrogens is 170 g/mol. The lowest BCUT2D eigenvalue weighted by Crippen LogP contribution is -2.13. The molecule has 0 bridgehead atoms. The largest absolute Gasteiger partial charge is 0.344 e. The van der Waals surface area contributed by atoms with Crippen molar-refractivity contribution in [2.45, 2.75) is 25.1 Å². The van der Waals surface area contributed by atoms with Crippen LogP contribution in [-0.4, -0.2) is 16.2 Å². The molecule has 0 radical (unpaired) electrons. The summed E-state index contributed by atoms with van der Waals surface area (Å²) in [5.74, 6) is 0.996. The molecule has 0 fully saturated rings. The van der Waals surface area contributed by atoms with Gasteiger partial charge in [0, 0.05) is 18.4 Å². The van der Waals surface area contributed by atoms with Crippen molar-refractivity contribution in [2.24, 2.45) is 5.73 Å². The summed E-state index contributed by atoms with van der Waals surface area (Å²) in [6, 6.07) is 0. The molecule has 0 saturated heterocycles. The molecule has 0 aromatic carbocycles. The maximum atomic E-state index is 5.47. The van der Waals surface area contributed by atoms with Gasteiger partial charge in [0.05, 0.1) is 4.75 Å². The number of rotatable bonds is 3. The Bertz CT molecular complexity index is 255. The van der Waals surface area contributed by atoms with Crippen molar-refractivity contribution in [1.82, 2.24) is 9.97 Å². The summed E-state index contributed by atoms with van der Waals surface area (Å²) in [7, 11) is 0. The van der Waals surface area contributed by atoms with Gasteiger partial charge in [0.1, 0.15) is 5.82 Å². The molecule has 4 heteroatoms. The lowest BCUT2D eigenvalue weighted by Gasteiger charge is -2.18. The Labute approximate surface area is 77.1 Å². The van der Waals surface area contributed by atoms with Crippen LogP contribution in [0.15, 0.2) is 6.20 Å². The van der Waals surface area contributed by atoms with Crippen LogP contribution >= 0.6 is 11.8 Å². The molecule has 0 aliphatic carbocycles. The second-order valence-electron chi connectivity index (χ2n) is 3.18. The fraction of sp³-hybridized carbons (Fsp3) is 0.625. The number of aromatic nitrogens is 2. The van der Waals surface area contributed by atoms with Crippen LogP contribution in [0, 0.1) is 0 Å². The lowest BCUT2D eigenvalue weighted by atomic mass is 10.2. The number of hydrogen-bond donors (Lipinski definition) is 2. The van der Waals surface area contributed by atoms with Gasteiger partial charge in [-0.3, -0.25) is 0 Å². The molecule has 3 nitrogen and oxygen atoms in total. The van der Waals surface area contributed by atoms with E-state index in [1.165, 1.54) is 0 Å². The second-order valence-corrected chi connectivity index (χ2v) is 4.60. The van der Waals surface area contributed by atoms with Gasteiger partial charge in [-0.05, 0) is 20.1 Å². The van der Waals surface area contributed by atoms with E-state index in [0.717, 1.165) is 11.5 Å². The lowest BCUT2D eigenvalue weighted by molar-refractivity contribution is 0.720. The van der Waals surface area contributed by atoms with Gasteiger partial charge in [-0.25, -0.2) is 4.98 Å². The molecule has 0 amide bonds. The number of hydrogen-bond acceptors (Lipinski definition) is 3. The van der Waals surface area contributed by atoms with Crippen molar-refractivity contribution >= 4 is 11.8 Å². The van der Waals surface area contributed by atoms with E-state index < -0.39 is 0 Å². The highest BCUT2D eigenvalue weighted by Gasteiger charge is 2.21. The number of imidazole rings is 1. The van der Waals surface area contributed by atoms with Crippen LogP contribution in [0.4, 0.5) is 0 Å². The average molecular weight is 185 g/mol. The topological polar surface area (TPSA) is 54.7 Å². The predicted octanol–water partition coefficient (Wildman–Crippen LogP) is 1.47. The van der Waals surface area contributed by atoms with Crippen LogP contribution in [-0.2, 0) is 11.3 Å².